The number of hydrogen-bond acceptors (Lipinski definition) is 1. The predicted octanol–water partition coefficient (Wildman–Crippen LogP) is 5.28. The molecule has 2 atom stereocenters. The summed E-state index contributed by atoms with van der Waals surface area (Å²) < 4.78 is 6.13. The molecular weight excluding hydrogens is 267 g/mol. The number of hydrogen-bond donors (Lipinski definition) is 0. The molecule has 0 amide bonds. The van der Waals surface area contributed by atoms with Crippen molar-refractivity contribution in [3.63, 3.8) is 0 Å². The Morgan fingerprint density at radius 2 is 1.83 bits per heavy atom. The van der Waals surface area contributed by atoms with Crippen molar-refractivity contribution in [1.29, 1.82) is 0 Å². The van der Waals surface area contributed by atoms with Gasteiger partial charge in [0.1, 0.15) is 5.75 Å². The summed E-state index contributed by atoms with van der Waals surface area (Å²) in [4.78, 5) is 0. The van der Waals surface area contributed by atoms with E-state index in [-0.39, 0.29) is 0 Å². The lowest BCUT2D eigenvalue weighted by Gasteiger charge is -2.32. The second-order valence-electron chi connectivity index (χ2n) is 5.54. The SMILES string of the molecule is CC1CC(C)CC(Oc2ccc(Cl)cc2CCl)C1. The first-order valence-corrected chi connectivity index (χ1v) is 7.50. The van der Waals surface area contributed by atoms with Gasteiger partial charge in [-0.15, -0.1) is 11.6 Å². The molecule has 0 heterocycles. The van der Waals surface area contributed by atoms with Crippen LogP contribution in [0, 0.1) is 11.8 Å². The predicted molar refractivity (Wildman–Crippen MR) is 77.6 cm³/mol. The maximum Gasteiger partial charge on any atom is 0.124 e. The summed E-state index contributed by atoms with van der Waals surface area (Å²) >= 11 is 11.9. The average Bonchev–Trinajstić information content (AvgIpc) is 2.30. The van der Waals surface area contributed by atoms with E-state index in [1.807, 2.05) is 18.2 Å². The zero-order valence-corrected chi connectivity index (χ0v) is 12.5. The highest BCUT2D eigenvalue weighted by Gasteiger charge is 2.25. The second-order valence-corrected chi connectivity index (χ2v) is 6.25. The summed E-state index contributed by atoms with van der Waals surface area (Å²) in [6, 6.07) is 5.69. The molecular formula is C15H20Cl2O. The first kappa shape index (κ1) is 14.0. The lowest BCUT2D eigenvalue weighted by Crippen LogP contribution is -2.28. The third-order valence-corrected chi connectivity index (χ3v) is 4.12. The third kappa shape index (κ3) is 3.55. The number of ether oxygens (including phenoxy) is 1. The lowest BCUT2D eigenvalue weighted by atomic mass is 9.82. The molecule has 1 aliphatic carbocycles. The Labute approximate surface area is 119 Å². The standard InChI is InChI=1S/C15H20Cl2O/c1-10-5-11(2)7-14(6-10)18-15-4-3-13(17)8-12(15)9-16/h3-4,8,10-11,14H,5-7,9H2,1-2H3. The van der Waals surface area contributed by atoms with Crippen molar-refractivity contribution in [3.05, 3.63) is 28.8 Å². The van der Waals surface area contributed by atoms with Gasteiger partial charge in [0, 0.05) is 10.6 Å². The van der Waals surface area contributed by atoms with Gasteiger partial charge in [0.05, 0.1) is 12.0 Å². The molecule has 0 aliphatic heterocycles. The summed E-state index contributed by atoms with van der Waals surface area (Å²) in [5.41, 5.74) is 0.982. The Morgan fingerprint density at radius 3 is 2.44 bits per heavy atom. The van der Waals surface area contributed by atoms with Crippen molar-refractivity contribution < 1.29 is 4.74 Å². The molecule has 0 bridgehead atoms. The lowest BCUT2D eigenvalue weighted by molar-refractivity contribution is 0.100. The van der Waals surface area contributed by atoms with Crippen LogP contribution in [0.3, 0.4) is 0 Å². The fraction of sp³-hybridized carbons (Fsp3) is 0.600. The topological polar surface area (TPSA) is 9.23 Å². The van der Waals surface area contributed by atoms with E-state index in [2.05, 4.69) is 13.8 Å². The number of halogens is 2. The van der Waals surface area contributed by atoms with Crippen LogP contribution in [0.15, 0.2) is 18.2 Å². The van der Waals surface area contributed by atoms with E-state index >= 15 is 0 Å². The Bertz CT molecular complexity index is 395. The minimum absolute atomic E-state index is 0.312. The molecule has 0 saturated heterocycles. The van der Waals surface area contributed by atoms with Gasteiger partial charge in [-0.3, -0.25) is 0 Å². The summed E-state index contributed by atoms with van der Waals surface area (Å²) in [6.45, 7) is 4.60. The highest BCUT2D eigenvalue weighted by Crippen LogP contribution is 2.33. The number of benzene rings is 1. The van der Waals surface area contributed by atoms with Crippen molar-refractivity contribution in [3.8, 4) is 5.75 Å². The maximum atomic E-state index is 6.13. The molecule has 100 valence electrons. The quantitative estimate of drug-likeness (QED) is 0.687. The van der Waals surface area contributed by atoms with Gasteiger partial charge in [-0.1, -0.05) is 25.4 Å². The van der Waals surface area contributed by atoms with Crippen molar-refractivity contribution in [2.24, 2.45) is 11.8 Å². The van der Waals surface area contributed by atoms with Crippen LogP contribution in [0.1, 0.15) is 38.7 Å². The molecule has 2 rings (SSSR count). The van der Waals surface area contributed by atoms with Crippen LogP contribution in [0.2, 0.25) is 5.02 Å². The van der Waals surface area contributed by atoms with Gasteiger partial charge in [0.15, 0.2) is 0 Å². The summed E-state index contributed by atoms with van der Waals surface area (Å²) in [7, 11) is 0. The van der Waals surface area contributed by atoms with Crippen molar-refractivity contribution in [2.75, 3.05) is 0 Å². The van der Waals surface area contributed by atoms with Crippen molar-refractivity contribution >= 4 is 23.2 Å². The molecule has 1 saturated carbocycles. The van der Waals surface area contributed by atoms with E-state index in [1.165, 1.54) is 6.42 Å². The zero-order valence-electron chi connectivity index (χ0n) is 11.0. The molecule has 3 heteroatoms. The smallest absolute Gasteiger partial charge is 0.124 e. The first-order valence-electron chi connectivity index (χ1n) is 6.59. The van der Waals surface area contributed by atoms with Gasteiger partial charge in [-0.25, -0.2) is 0 Å². The van der Waals surface area contributed by atoms with Crippen LogP contribution in [0.25, 0.3) is 0 Å². The minimum Gasteiger partial charge on any atom is -0.490 e. The highest BCUT2D eigenvalue weighted by atomic mass is 35.5. The maximum absolute atomic E-state index is 6.13. The molecule has 0 N–H and O–H groups in total. The Hall–Kier alpha value is -0.400. The van der Waals surface area contributed by atoms with E-state index in [9.17, 15) is 0 Å². The summed E-state index contributed by atoms with van der Waals surface area (Å²) in [5, 5.41) is 0.711. The highest BCUT2D eigenvalue weighted by molar-refractivity contribution is 6.30. The van der Waals surface area contributed by atoms with Crippen LogP contribution >= 0.6 is 23.2 Å². The monoisotopic (exact) mass is 286 g/mol. The zero-order chi connectivity index (χ0) is 13.1. The number of rotatable bonds is 3. The van der Waals surface area contributed by atoms with E-state index in [0.717, 1.165) is 36.0 Å². The fourth-order valence-electron chi connectivity index (χ4n) is 2.92. The first-order chi connectivity index (χ1) is 8.58. The Morgan fingerprint density at radius 1 is 1.17 bits per heavy atom. The van der Waals surface area contributed by atoms with Crippen LogP contribution in [0.5, 0.6) is 5.75 Å². The fourth-order valence-corrected chi connectivity index (χ4v) is 3.32. The average molecular weight is 287 g/mol. The molecule has 0 aromatic heterocycles. The van der Waals surface area contributed by atoms with Gasteiger partial charge in [-0.05, 0) is 49.3 Å². The Kier molecular flexibility index (Phi) is 4.80. The molecule has 1 nitrogen and oxygen atoms in total. The molecule has 1 aromatic carbocycles. The van der Waals surface area contributed by atoms with Gasteiger partial charge in [0.2, 0.25) is 0 Å². The van der Waals surface area contributed by atoms with E-state index in [1.54, 1.807) is 0 Å². The second kappa shape index (κ2) is 6.16. The largest absolute Gasteiger partial charge is 0.490 e. The molecule has 0 radical (unpaired) electrons. The van der Waals surface area contributed by atoms with Crippen molar-refractivity contribution in [2.45, 2.75) is 45.1 Å². The molecule has 0 spiro atoms. The van der Waals surface area contributed by atoms with E-state index < -0.39 is 0 Å². The molecule has 1 aromatic rings. The molecule has 1 aliphatic rings. The normalized spacial score (nSPS) is 28.1. The third-order valence-electron chi connectivity index (χ3n) is 3.60. The molecule has 1 fully saturated rings. The molecule has 2 unspecified atom stereocenters. The van der Waals surface area contributed by atoms with E-state index in [4.69, 9.17) is 27.9 Å². The van der Waals surface area contributed by atoms with Gasteiger partial charge < -0.3 is 4.74 Å². The van der Waals surface area contributed by atoms with Crippen LogP contribution in [-0.2, 0) is 5.88 Å². The minimum atomic E-state index is 0.312. The summed E-state index contributed by atoms with van der Waals surface area (Å²) in [6.07, 6.45) is 3.89. The van der Waals surface area contributed by atoms with E-state index in [0.29, 0.717) is 17.0 Å². The van der Waals surface area contributed by atoms with Crippen LogP contribution < -0.4 is 4.74 Å². The Balaban J connectivity index is 2.08. The molecule has 18 heavy (non-hydrogen) atoms. The van der Waals surface area contributed by atoms with Crippen molar-refractivity contribution in [1.82, 2.24) is 0 Å². The summed E-state index contributed by atoms with van der Waals surface area (Å²) in [5.74, 6) is 2.81. The van der Waals surface area contributed by atoms with Crippen LogP contribution in [-0.4, -0.2) is 6.10 Å². The van der Waals surface area contributed by atoms with Gasteiger partial charge in [0.25, 0.3) is 0 Å². The van der Waals surface area contributed by atoms with Gasteiger partial charge in [-0.2, -0.15) is 0 Å². The van der Waals surface area contributed by atoms with Crippen LogP contribution in [0.4, 0.5) is 0 Å². The number of alkyl halides is 1. The van der Waals surface area contributed by atoms with Gasteiger partial charge >= 0.3 is 0 Å².